The highest BCUT2D eigenvalue weighted by Gasteiger charge is 2.38. The molecule has 2 aliphatic rings. The van der Waals surface area contributed by atoms with Gasteiger partial charge in [-0.05, 0) is 117 Å². The van der Waals surface area contributed by atoms with Gasteiger partial charge in [-0.2, -0.15) is 0 Å². The van der Waals surface area contributed by atoms with Crippen LogP contribution in [0.25, 0.3) is 0 Å². The molecule has 11 heteroatoms. The van der Waals surface area contributed by atoms with Crippen molar-refractivity contribution >= 4 is 27.6 Å². The second kappa shape index (κ2) is 20.9. The molecule has 0 spiro atoms. The van der Waals surface area contributed by atoms with Gasteiger partial charge in [0.1, 0.15) is 0 Å². The van der Waals surface area contributed by atoms with Gasteiger partial charge in [0.25, 0.3) is 0 Å². The molecule has 4 rings (SSSR count). The van der Waals surface area contributed by atoms with Crippen molar-refractivity contribution in [2.75, 3.05) is 12.3 Å². The molecule has 2 aromatic carbocycles. The van der Waals surface area contributed by atoms with Crippen LogP contribution in [-0.2, 0) is 30.0 Å². The Morgan fingerprint density at radius 2 is 1.64 bits per heavy atom. The third kappa shape index (κ3) is 12.1. The van der Waals surface area contributed by atoms with E-state index in [1.807, 2.05) is 48.5 Å². The molecule has 8 atom stereocenters. The molecule has 9 nitrogen and oxygen atoms in total. The molecule has 1 fully saturated rings. The van der Waals surface area contributed by atoms with Gasteiger partial charge in [0.15, 0.2) is 6.10 Å². The molecule has 50 heavy (non-hydrogen) atoms. The number of benzene rings is 2. The van der Waals surface area contributed by atoms with Gasteiger partial charge in [-0.3, -0.25) is 0 Å². The van der Waals surface area contributed by atoms with E-state index < -0.39 is 42.2 Å². The molecule has 0 aromatic heterocycles. The van der Waals surface area contributed by atoms with Crippen LogP contribution < -0.4 is 5.73 Å². The lowest BCUT2D eigenvalue weighted by Gasteiger charge is -2.36. The summed E-state index contributed by atoms with van der Waals surface area (Å²) in [4.78, 5) is 12.2. The van der Waals surface area contributed by atoms with Crippen LogP contribution in [0.2, 0.25) is 0 Å². The number of rotatable bonds is 12. The molecule has 8 unspecified atom stereocenters. The standard InChI is InChI=1S/C39H57NO8S2/c40-18-17-33-34(38(46)39(47)48)16-13-27-7-1-2-8-30(27)23-49-50-24-31(20-25-5-3-6-26(19-25)22-41)29(21-36(33)44)9-4-10-35(43)37(45)28-11-14-32(42)15-12-28/h1-8,10,19,28-29,31-38,41-46H,9,11-18,20-24,40H2,(H,47,48). The minimum atomic E-state index is -1.65. The number of aryl methyl sites for hydroxylation is 1. The van der Waals surface area contributed by atoms with Crippen LogP contribution in [0, 0.1) is 29.6 Å². The molecular formula is C39H57NO8S2. The fraction of sp³-hybridized carbons (Fsp3) is 0.615. The summed E-state index contributed by atoms with van der Waals surface area (Å²) in [5.74, 6) is -1.18. The topological polar surface area (TPSA) is 185 Å². The monoisotopic (exact) mass is 731 g/mol. The van der Waals surface area contributed by atoms with Crippen LogP contribution in [0.5, 0.6) is 0 Å². The van der Waals surface area contributed by atoms with E-state index in [4.69, 9.17) is 5.73 Å². The number of hydrogen-bond acceptors (Lipinski definition) is 10. The van der Waals surface area contributed by atoms with E-state index in [2.05, 4.69) is 6.07 Å². The van der Waals surface area contributed by atoms with Crippen LogP contribution in [0.15, 0.2) is 60.7 Å². The first-order valence-electron chi connectivity index (χ1n) is 18.1. The summed E-state index contributed by atoms with van der Waals surface area (Å²) in [7, 11) is 3.55. The predicted octanol–water partition coefficient (Wildman–Crippen LogP) is 4.48. The van der Waals surface area contributed by atoms with E-state index >= 15 is 0 Å². The third-order valence-electron chi connectivity index (χ3n) is 10.9. The Hall–Kier alpha value is -1.93. The fourth-order valence-electron chi connectivity index (χ4n) is 7.89. The zero-order valence-electron chi connectivity index (χ0n) is 28.9. The predicted molar refractivity (Wildman–Crippen MR) is 200 cm³/mol. The first kappa shape index (κ1) is 40.8. The van der Waals surface area contributed by atoms with Gasteiger partial charge in [0.05, 0.1) is 31.0 Å². The SMILES string of the molecule is NCCC1C(O)CC(CC=CC(O)C(O)C2CCC(O)CC2)C(Cc2cccc(CO)c2)CSSCc2ccccc2CCC1C(O)C(=O)O. The number of carboxylic acid groups (broad SMARTS) is 1. The number of fused-ring (bicyclic) bond motifs is 1. The maximum absolute atomic E-state index is 12.2. The highest BCUT2D eigenvalue weighted by molar-refractivity contribution is 8.76. The van der Waals surface area contributed by atoms with Crippen molar-refractivity contribution < 1.29 is 40.5 Å². The van der Waals surface area contributed by atoms with Gasteiger partial charge in [0.2, 0.25) is 0 Å². The Morgan fingerprint density at radius 3 is 2.34 bits per heavy atom. The van der Waals surface area contributed by atoms with Crippen molar-refractivity contribution in [1.82, 2.24) is 0 Å². The van der Waals surface area contributed by atoms with E-state index in [1.54, 1.807) is 27.7 Å². The molecule has 9 N–H and O–H groups in total. The highest BCUT2D eigenvalue weighted by atomic mass is 33.1. The van der Waals surface area contributed by atoms with Crippen molar-refractivity contribution in [3.8, 4) is 0 Å². The Bertz CT molecular complexity index is 1340. The number of nitrogens with two attached hydrogens (primary N) is 1. The minimum Gasteiger partial charge on any atom is -0.479 e. The number of allylic oxidation sites excluding steroid dienone is 1. The summed E-state index contributed by atoms with van der Waals surface area (Å²) in [6.07, 6.45) is 3.94. The first-order valence-corrected chi connectivity index (χ1v) is 20.6. The van der Waals surface area contributed by atoms with E-state index in [0.29, 0.717) is 64.2 Å². The van der Waals surface area contributed by atoms with Crippen molar-refractivity contribution in [1.29, 1.82) is 0 Å². The number of hydrogen-bond donors (Lipinski definition) is 8. The molecular weight excluding hydrogens is 675 g/mol. The van der Waals surface area contributed by atoms with E-state index in [0.717, 1.165) is 33.8 Å². The number of aliphatic hydroxyl groups excluding tert-OH is 6. The summed E-state index contributed by atoms with van der Waals surface area (Å²) >= 11 is 0. The van der Waals surface area contributed by atoms with Gasteiger partial charge in [-0.15, -0.1) is 0 Å². The van der Waals surface area contributed by atoms with Crippen molar-refractivity contribution in [3.63, 3.8) is 0 Å². The first-order chi connectivity index (χ1) is 24.1. The number of aliphatic hydroxyl groups is 6. The number of aliphatic carboxylic acids is 1. The molecule has 0 saturated heterocycles. The van der Waals surface area contributed by atoms with Crippen LogP contribution in [0.3, 0.4) is 0 Å². The molecule has 0 amide bonds. The van der Waals surface area contributed by atoms with Crippen LogP contribution in [-0.4, -0.2) is 84.5 Å². The van der Waals surface area contributed by atoms with E-state index in [1.165, 1.54) is 0 Å². The third-order valence-corrected chi connectivity index (χ3v) is 13.3. The summed E-state index contributed by atoms with van der Waals surface area (Å²) in [6.45, 7) is 0.166. The largest absolute Gasteiger partial charge is 0.479 e. The normalized spacial score (nSPS) is 29.1. The lowest BCUT2D eigenvalue weighted by Crippen LogP contribution is -2.42. The minimum absolute atomic E-state index is 0.0576. The second-order valence-electron chi connectivity index (χ2n) is 14.3. The van der Waals surface area contributed by atoms with Crippen LogP contribution >= 0.6 is 21.6 Å². The average Bonchev–Trinajstić information content (AvgIpc) is 3.12. The Labute approximate surface area is 304 Å². The highest BCUT2D eigenvalue weighted by Crippen LogP contribution is 2.39. The van der Waals surface area contributed by atoms with Crippen LogP contribution in [0.4, 0.5) is 0 Å². The average molecular weight is 732 g/mol. The van der Waals surface area contributed by atoms with Crippen molar-refractivity contribution in [2.45, 2.75) is 107 Å². The Balaban J connectivity index is 1.66. The van der Waals surface area contributed by atoms with E-state index in [-0.39, 0.29) is 37.0 Å². The lowest BCUT2D eigenvalue weighted by atomic mass is 9.73. The number of carboxylic acids is 1. The molecule has 1 saturated carbocycles. The zero-order valence-corrected chi connectivity index (χ0v) is 30.5. The molecule has 1 heterocycles. The summed E-state index contributed by atoms with van der Waals surface area (Å²) < 4.78 is 0. The molecule has 278 valence electrons. The lowest BCUT2D eigenvalue weighted by molar-refractivity contribution is -0.152. The van der Waals surface area contributed by atoms with Gasteiger partial charge in [0, 0.05) is 17.4 Å². The molecule has 0 radical (unpaired) electrons. The zero-order chi connectivity index (χ0) is 36.0. The quantitative estimate of drug-likeness (QED) is 0.114. The number of carbonyl (C=O) groups is 1. The summed E-state index contributed by atoms with van der Waals surface area (Å²) in [5.41, 5.74) is 10.2. The maximum atomic E-state index is 12.2. The molecule has 1 aliphatic carbocycles. The molecule has 2 aromatic rings. The summed E-state index contributed by atoms with van der Waals surface area (Å²) in [6, 6.07) is 16.0. The maximum Gasteiger partial charge on any atom is 0.332 e. The summed E-state index contributed by atoms with van der Waals surface area (Å²) in [5, 5.41) is 74.5. The Morgan fingerprint density at radius 1 is 0.920 bits per heavy atom. The van der Waals surface area contributed by atoms with E-state index in [9.17, 15) is 40.5 Å². The smallest absolute Gasteiger partial charge is 0.332 e. The molecule has 1 aliphatic heterocycles. The molecule has 0 bridgehead atoms. The van der Waals surface area contributed by atoms with Crippen molar-refractivity contribution in [2.24, 2.45) is 35.3 Å². The Kier molecular flexibility index (Phi) is 17.1. The van der Waals surface area contributed by atoms with Crippen LogP contribution in [0.1, 0.15) is 73.6 Å². The van der Waals surface area contributed by atoms with Gasteiger partial charge in [-0.1, -0.05) is 82.3 Å². The fourth-order valence-corrected chi connectivity index (χ4v) is 10.5. The van der Waals surface area contributed by atoms with Crippen molar-refractivity contribution in [3.05, 3.63) is 82.9 Å². The van der Waals surface area contributed by atoms with Gasteiger partial charge in [-0.25, -0.2) is 4.79 Å². The second-order valence-corrected chi connectivity index (χ2v) is 16.8. The van der Waals surface area contributed by atoms with Gasteiger partial charge < -0.3 is 41.5 Å². The van der Waals surface area contributed by atoms with Gasteiger partial charge >= 0.3 is 5.97 Å².